The molecule has 0 bridgehead atoms. The van der Waals surface area contributed by atoms with Crippen molar-refractivity contribution in [3.8, 4) is 10.7 Å². The molecule has 3 aromatic rings. The van der Waals surface area contributed by atoms with Gasteiger partial charge in [0.2, 0.25) is 5.91 Å². The Morgan fingerprint density at radius 1 is 1.25 bits per heavy atom. The van der Waals surface area contributed by atoms with Gasteiger partial charge in [-0.05, 0) is 12.1 Å². The molecule has 12 heteroatoms. The first kappa shape index (κ1) is 20.1. The van der Waals surface area contributed by atoms with Gasteiger partial charge in [0.05, 0.1) is 11.5 Å². The van der Waals surface area contributed by atoms with E-state index in [0.29, 0.717) is 0 Å². The zero-order valence-electron chi connectivity index (χ0n) is 14.1. The maximum absolute atomic E-state index is 13.0. The van der Waals surface area contributed by atoms with E-state index >= 15 is 0 Å². The van der Waals surface area contributed by atoms with Gasteiger partial charge in [-0.2, -0.15) is 26.3 Å². The highest BCUT2D eigenvalue weighted by Gasteiger charge is 2.37. The quantitative estimate of drug-likeness (QED) is 0.602. The number of rotatable bonds is 4. The molecule has 0 aliphatic rings. The number of carbonyl (C=O) groups excluding carboxylic acids is 1. The van der Waals surface area contributed by atoms with Crippen molar-refractivity contribution in [2.45, 2.75) is 25.7 Å². The van der Waals surface area contributed by atoms with Crippen LogP contribution in [0.25, 0.3) is 16.3 Å². The van der Waals surface area contributed by atoms with Crippen molar-refractivity contribution in [1.29, 1.82) is 0 Å². The van der Waals surface area contributed by atoms with E-state index in [-0.39, 0.29) is 22.2 Å². The normalized spacial score (nSPS) is 13.7. The predicted octanol–water partition coefficient (Wildman–Crippen LogP) is 5.00. The second-order valence-corrected chi connectivity index (χ2v) is 6.88. The van der Waals surface area contributed by atoms with Gasteiger partial charge in [0.25, 0.3) is 0 Å². The minimum Gasteiger partial charge on any atom is -0.309 e. The Kier molecular flexibility index (Phi) is 5.08. The lowest BCUT2D eigenvalue weighted by atomic mass is 10.1. The molecule has 0 radical (unpaired) electrons. The van der Waals surface area contributed by atoms with Crippen LogP contribution in [-0.4, -0.2) is 26.5 Å². The van der Waals surface area contributed by atoms with Crippen molar-refractivity contribution in [2.75, 3.05) is 5.32 Å². The monoisotopic (exact) mass is 422 g/mol. The van der Waals surface area contributed by atoms with Gasteiger partial charge in [-0.25, -0.2) is 9.97 Å². The zero-order valence-corrected chi connectivity index (χ0v) is 14.9. The van der Waals surface area contributed by atoms with Crippen molar-refractivity contribution in [3.05, 3.63) is 35.5 Å². The molecular weight excluding hydrogens is 410 g/mol. The number of anilines is 1. The first-order valence-corrected chi connectivity index (χ1v) is 8.70. The number of thiazole rings is 1. The van der Waals surface area contributed by atoms with E-state index in [1.54, 1.807) is 5.38 Å². The SMILES string of the molecule is CC(CC(=O)Nc1nc2ccc(C(F)(F)F)cn2c1-c1nccs1)C(F)(F)F. The second kappa shape index (κ2) is 7.08. The van der Waals surface area contributed by atoms with Gasteiger partial charge in [-0.3, -0.25) is 9.20 Å². The fourth-order valence-electron chi connectivity index (χ4n) is 2.42. The molecule has 0 saturated heterocycles. The minimum absolute atomic E-state index is 0.0594. The van der Waals surface area contributed by atoms with E-state index in [1.165, 1.54) is 6.20 Å². The number of nitrogens with one attached hydrogen (secondary N) is 1. The molecule has 3 heterocycles. The average Bonchev–Trinajstić information content (AvgIpc) is 3.18. The van der Waals surface area contributed by atoms with Crippen molar-refractivity contribution in [1.82, 2.24) is 14.4 Å². The van der Waals surface area contributed by atoms with E-state index in [2.05, 4.69) is 15.3 Å². The van der Waals surface area contributed by atoms with Crippen molar-refractivity contribution in [3.63, 3.8) is 0 Å². The molecule has 1 unspecified atom stereocenters. The van der Waals surface area contributed by atoms with Gasteiger partial charge in [0, 0.05) is 24.2 Å². The number of aromatic nitrogens is 3. The molecule has 0 aliphatic heterocycles. The van der Waals surface area contributed by atoms with Crippen LogP contribution in [0, 0.1) is 5.92 Å². The minimum atomic E-state index is -4.61. The van der Waals surface area contributed by atoms with E-state index in [9.17, 15) is 31.1 Å². The Hall–Kier alpha value is -2.63. The standard InChI is InChI=1S/C16H12F6N4OS/c1-8(15(17,18)19)6-11(27)25-13-12(14-23-4-5-28-14)26-7-9(16(20,21)22)2-3-10(26)24-13/h2-5,7-8H,6H2,1H3,(H,25,27). The summed E-state index contributed by atoms with van der Waals surface area (Å²) in [6.07, 6.45) is -7.79. The Morgan fingerprint density at radius 3 is 2.54 bits per heavy atom. The van der Waals surface area contributed by atoms with Crippen LogP contribution in [0.1, 0.15) is 18.9 Å². The fourth-order valence-corrected chi connectivity index (χ4v) is 3.10. The number of hydrogen-bond donors (Lipinski definition) is 1. The fraction of sp³-hybridized carbons (Fsp3) is 0.312. The third-order valence-electron chi connectivity index (χ3n) is 3.89. The Morgan fingerprint density at radius 2 is 1.96 bits per heavy atom. The molecule has 1 amide bonds. The summed E-state index contributed by atoms with van der Waals surface area (Å²) in [4.78, 5) is 20.1. The van der Waals surface area contributed by atoms with Crippen LogP contribution in [0.4, 0.5) is 32.2 Å². The van der Waals surface area contributed by atoms with Gasteiger partial charge in [-0.15, -0.1) is 11.3 Å². The molecule has 0 fully saturated rings. The molecule has 1 atom stereocenters. The highest BCUT2D eigenvalue weighted by molar-refractivity contribution is 7.13. The smallest absolute Gasteiger partial charge is 0.309 e. The summed E-state index contributed by atoms with van der Waals surface area (Å²) in [5, 5.41) is 4.09. The third kappa shape index (κ3) is 4.11. The number of hydrogen-bond acceptors (Lipinski definition) is 4. The highest BCUT2D eigenvalue weighted by atomic mass is 32.1. The first-order chi connectivity index (χ1) is 13.0. The number of pyridine rings is 1. The number of fused-ring (bicyclic) bond motifs is 1. The van der Waals surface area contributed by atoms with Crippen LogP contribution in [0.3, 0.4) is 0 Å². The predicted molar refractivity (Wildman–Crippen MR) is 89.8 cm³/mol. The molecule has 0 spiro atoms. The van der Waals surface area contributed by atoms with Gasteiger partial charge < -0.3 is 5.32 Å². The van der Waals surface area contributed by atoms with Crippen molar-refractivity contribution >= 4 is 28.7 Å². The van der Waals surface area contributed by atoms with Gasteiger partial charge in [0.1, 0.15) is 16.3 Å². The van der Waals surface area contributed by atoms with E-state index in [1.807, 2.05) is 0 Å². The lowest BCUT2D eigenvalue weighted by Gasteiger charge is -2.14. The number of nitrogens with zero attached hydrogens (tertiary/aromatic N) is 3. The molecule has 0 aromatic carbocycles. The average molecular weight is 422 g/mol. The second-order valence-electron chi connectivity index (χ2n) is 5.98. The molecule has 0 saturated carbocycles. The van der Waals surface area contributed by atoms with E-state index < -0.39 is 36.2 Å². The van der Waals surface area contributed by atoms with Gasteiger partial charge in [0.15, 0.2) is 5.82 Å². The first-order valence-electron chi connectivity index (χ1n) is 7.82. The summed E-state index contributed by atoms with van der Waals surface area (Å²) < 4.78 is 78.2. The molecule has 3 aromatic heterocycles. The highest BCUT2D eigenvalue weighted by Crippen LogP contribution is 2.35. The molecule has 28 heavy (non-hydrogen) atoms. The lowest BCUT2D eigenvalue weighted by Crippen LogP contribution is -2.25. The Bertz CT molecular complexity index is 993. The van der Waals surface area contributed by atoms with Crippen LogP contribution >= 0.6 is 11.3 Å². The number of halogens is 6. The molecular formula is C16H12F6N4OS. The molecule has 1 N–H and O–H groups in total. The maximum atomic E-state index is 13.0. The summed E-state index contributed by atoms with van der Waals surface area (Å²) in [6.45, 7) is 0.862. The molecule has 0 aliphatic carbocycles. The van der Waals surface area contributed by atoms with Crippen LogP contribution < -0.4 is 5.32 Å². The van der Waals surface area contributed by atoms with E-state index in [4.69, 9.17) is 0 Å². The molecule has 150 valence electrons. The van der Waals surface area contributed by atoms with Crippen LogP contribution in [0.2, 0.25) is 0 Å². The summed E-state index contributed by atoms with van der Waals surface area (Å²) in [6, 6.07) is 1.93. The van der Waals surface area contributed by atoms with Crippen molar-refractivity contribution in [2.24, 2.45) is 5.92 Å². The van der Waals surface area contributed by atoms with Crippen molar-refractivity contribution < 1.29 is 31.1 Å². The summed E-state index contributed by atoms with van der Waals surface area (Å²) in [7, 11) is 0. The van der Waals surface area contributed by atoms with Gasteiger partial charge in [-0.1, -0.05) is 6.92 Å². The molecule has 3 rings (SSSR count). The van der Waals surface area contributed by atoms with Gasteiger partial charge >= 0.3 is 12.4 Å². The number of alkyl halides is 6. The lowest BCUT2D eigenvalue weighted by molar-refractivity contribution is -0.173. The third-order valence-corrected chi connectivity index (χ3v) is 4.67. The summed E-state index contributed by atoms with van der Waals surface area (Å²) in [5.41, 5.74) is -0.805. The summed E-state index contributed by atoms with van der Waals surface area (Å²) >= 11 is 1.08. The number of imidazole rings is 1. The topological polar surface area (TPSA) is 59.3 Å². The number of carbonyl (C=O) groups is 1. The Balaban J connectivity index is 2.02. The zero-order chi connectivity index (χ0) is 20.7. The Labute approximate surface area is 158 Å². The maximum Gasteiger partial charge on any atom is 0.417 e. The summed E-state index contributed by atoms with van der Waals surface area (Å²) in [5.74, 6) is -3.00. The van der Waals surface area contributed by atoms with Crippen LogP contribution in [0.15, 0.2) is 29.9 Å². The van der Waals surface area contributed by atoms with Crippen LogP contribution in [-0.2, 0) is 11.0 Å². The molecule has 5 nitrogen and oxygen atoms in total. The largest absolute Gasteiger partial charge is 0.417 e. The van der Waals surface area contributed by atoms with E-state index in [0.717, 1.165) is 41.0 Å². The van der Waals surface area contributed by atoms with Crippen LogP contribution in [0.5, 0.6) is 0 Å². The number of amides is 1.